The van der Waals surface area contributed by atoms with Crippen LogP contribution in [-0.4, -0.2) is 59.2 Å². The molecule has 2 unspecified atom stereocenters. The van der Waals surface area contributed by atoms with Gasteiger partial charge in [0.15, 0.2) is 12.0 Å². The summed E-state index contributed by atoms with van der Waals surface area (Å²) in [6.07, 6.45) is -1.80. The second-order valence-corrected chi connectivity index (χ2v) is 4.21. The summed E-state index contributed by atoms with van der Waals surface area (Å²) in [5.74, 6) is -0.0361. The number of nitrogens with zero attached hydrogens (tertiary/aromatic N) is 2. The summed E-state index contributed by atoms with van der Waals surface area (Å²) in [5, 5.41) is 17.7. The number of hydrogen-bond acceptors (Lipinski definition) is 10. The van der Waals surface area contributed by atoms with Gasteiger partial charge in [0.2, 0.25) is 24.0 Å². The van der Waals surface area contributed by atoms with Gasteiger partial charge in [0, 0.05) is 0 Å². The van der Waals surface area contributed by atoms with Crippen molar-refractivity contribution in [1.82, 2.24) is 9.97 Å². The van der Waals surface area contributed by atoms with Crippen molar-refractivity contribution in [2.75, 3.05) is 37.9 Å². The van der Waals surface area contributed by atoms with E-state index >= 15 is 0 Å². The summed E-state index contributed by atoms with van der Waals surface area (Å²) in [6.45, 7) is 3.57. The number of rotatable bonds is 10. The number of aromatic nitrogens is 2. The zero-order chi connectivity index (χ0) is 16.5. The van der Waals surface area contributed by atoms with Crippen LogP contribution in [-0.2, 0) is 9.47 Å². The van der Waals surface area contributed by atoms with E-state index in [2.05, 4.69) is 9.97 Å². The molecule has 1 aromatic heterocycles. The van der Waals surface area contributed by atoms with Gasteiger partial charge in [-0.15, -0.1) is 0 Å². The van der Waals surface area contributed by atoms with Crippen LogP contribution in [0.2, 0.25) is 0 Å². The largest absolute Gasteiger partial charge is 0.474 e. The maximum atomic E-state index is 9.12. The first-order valence-corrected chi connectivity index (χ1v) is 6.68. The summed E-state index contributed by atoms with van der Waals surface area (Å²) in [4.78, 5) is 7.72. The minimum Gasteiger partial charge on any atom is -0.474 e. The van der Waals surface area contributed by atoms with Gasteiger partial charge in [0.25, 0.3) is 0 Å². The third-order valence-electron chi connectivity index (χ3n) is 2.26. The molecule has 10 heteroatoms. The van der Waals surface area contributed by atoms with Crippen LogP contribution >= 0.6 is 0 Å². The molecule has 1 heterocycles. The fraction of sp³-hybridized carbons (Fsp3) is 0.667. The van der Waals surface area contributed by atoms with Crippen molar-refractivity contribution < 1.29 is 29.2 Å². The molecule has 126 valence electrons. The van der Waals surface area contributed by atoms with E-state index in [9.17, 15) is 0 Å². The molecule has 2 atom stereocenters. The number of hydrogen-bond donors (Lipinski definition) is 4. The van der Waals surface area contributed by atoms with Crippen molar-refractivity contribution in [3.05, 3.63) is 0 Å². The Bertz CT molecular complexity index is 459. The zero-order valence-corrected chi connectivity index (χ0v) is 12.6. The molecule has 10 nitrogen and oxygen atoms in total. The fourth-order valence-electron chi connectivity index (χ4n) is 1.47. The van der Waals surface area contributed by atoms with E-state index in [0.717, 1.165) is 0 Å². The molecular formula is C12H22N4O6. The molecule has 0 aliphatic heterocycles. The lowest BCUT2D eigenvalue weighted by molar-refractivity contribution is -0.180. The molecule has 0 saturated heterocycles. The minimum absolute atomic E-state index is 0.00748. The Hall–Kier alpha value is -1.88. The standard InChI is InChI=1S/C12H22N4O6/c1-7(18)21-8(2)22-11-9(13)10(15-12(14)16-11)20-6-5-19-4-3-17/h7-8,17-18H,3-6,13H2,1-2H3,(H2,14,15,16). The number of ether oxygens (including phenoxy) is 4. The average molecular weight is 318 g/mol. The van der Waals surface area contributed by atoms with Crippen LogP contribution in [0, 0.1) is 0 Å². The minimum atomic E-state index is -1.00. The van der Waals surface area contributed by atoms with E-state index in [1.165, 1.54) is 6.92 Å². The SMILES string of the molecule is CC(O)OC(C)Oc1nc(N)nc(OCCOCCO)c1N. The van der Waals surface area contributed by atoms with Crippen molar-refractivity contribution in [3.8, 4) is 11.8 Å². The van der Waals surface area contributed by atoms with Crippen molar-refractivity contribution >= 4 is 11.6 Å². The summed E-state index contributed by atoms with van der Waals surface area (Å²) in [7, 11) is 0. The highest BCUT2D eigenvalue weighted by Crippen LogP contribution is 2.29. The van der Waals surface area contributed by atoms with Crippen molar-refractivity contribution in [3.63, 3.8) is 0 Å². The predicted octanol–water partition coefficient (Wildman–Crippen LogP) is -0.892. The molecule has 0 radical (unpaired) electrons. The summed E-state index contributed by atoms with van der Waals surface area (Å²) in [5.41, 5.74) is 11.5. The van der Waals surface area contributed by atoms with Gasteiger partial charge in [-0.25, -0.2) is 0 Å². The Labute approximate surface area is 128 Å². The van der Waals surface area contributed by atoms with E-state index in [0.29, 0.717) is 0 Å². The normalized spacial score (nSPS) is 13.6. The second kappa shape index (κ2) is 9.20. The first-order valence-electron chi connectivity index (χ1n) is 6.68. The van der Waals surface area contributed by atoms with Crippen molar-refractivity contribution in [2.45, 2.75) is 26.4 Å². The van der Waals surface area contributed by atoms with Gasteiger partial charge in [-0.05, 0) is 13.8 Å². The molecule has 0 saturated carbocycles. The quantitative estimate of drug-likeness (QED) is 0.315. The Morgan fingerprint density at radius 1 is 1.09 bits per heavy atom. The third kappa shape index (κ3) is 6.26. The summed E-state index contributed by atoms with van der Waals surface area (Å²) < 4.78 is 20.7. The van der Waals surface area contributed by atoms with Crippen LogP contribution in [0.4, 0.5) is 11.6 Å². The van der Waals surface area contributed by atoms with Crippen LogP contribution in [0.25, 0.3) is 0 Å². The molecule has 6 N–H and O–H groups in total. The number of aliphatic hydroxyl groups excluding tert-OH is 2. The molecule has 0 aliphatic rings. The molecule has 1 aromatic rings. The second-order valence-electron chi connectivity index (χ2n) is 4.21. The number of aliphatic hydroxyl groups is 2. The molecule has 0 bridgehead atoms. The van der Waals surface area contributed by atoms with Crippen LogP contribution in [0.1, 0.15) is 13.8 Å². The van der Waals surface area contributed by atoms with Gasteiger partial charge in [0.05, 0.1) is 19.8 Å². The Morgan fingerprint density at radius 3 is 2.41 bits per heavy atom. The zero-order valence-electron chi connectivity index (χ0n) is 12.6. The van der Waals surface area contributed by atoms with Gasteiger partial charge in [0.1, 0.15) is 6.61 Å². The fourth-order valence-corrected chi connectivity index (χ4v) is 1.47. The number of nitrogens with two attached hydrogens (primary N) is 2. The van der Waals surface area contributed by atoms with E-state index in [4.69, 9.17) is 40.6 Å². The van der Waals surface area contributed by atoms with Crippen molar-refractivity contribution in [1.29, 1.82) is 0 Å². The lowest BCUT2D eigenvalue weighted by Gasteiger charge is -2.18. The van der Waals surface area contributed by atoms with Crippen LogP contribution in [0.5, 0.6) is 11.8 Å². The lowest BCUT2D eigenvalue weighted by Crippen LogP contribution is -2.23. The van der Waals surface area contributed by atoms with Gasteiger partial charge in [-0.2, -0.15) is 9.97 Å². The summed E-state index contributed by atoms with van der Waals surface area (Å²) >= 11 is 0. The van der Waals surface area contributed by atoms with E-state index in [1.807, 2.05) is 0 Å². The molecule has 22 heavy (non-hydrogen) atoms. The third-order valence-corrected chi connectivity index (χ3v) is 2.26. The van der Waals surface area contributed by atoms with Crippen LogP contribution in [0.15, 0.2) is 0 Å². The monoisotopic (exact) mass is 318 g/mol. The highest BCUT2D eigenvalue weighted by Gasteiger charge is 2.17. The van der Waals surface area contributed by atoms with E-state index in [1.54, 1.807) is 6.92 Å². The van der Waals surface area contributed by atoms with Crippen molar-refractivity contribution in [2.24, 2.45) is 0 Å². The van der Waals surface area contributed by atoms with Gasteiger partial charge in [-0.1, -0.05) is 0 Å². The topological polar surface area (TPSA) is 155 Å². The maximum absolute atomic E-state index is 9.12. The van der Waals surface area contributed by atoms with Gasteiger partial charge in [-0.3, -0.25) is 0 Å². The van der Waals surface area contributed by atoms with Gasteiger partial charge >= 0.3 is 0 Å². The predicted molar refractivity (Wildman–Crippen MR) is 77.1 cm³/mol. The molecule has 1 rings (SSSR count). The number of anilines is 2. The Balaban J connectivity index is 2.66. The highest BCUT2D eigenvalue weighted by molar-refractivity contribution is 5.58. The molecule has 0 fully saturated rings. The first-order chi connectivity index (χ1) is 10.4. The number of nitrogen functional groups attached to an aromatic ring is 2. The average Bonchev–Trinajstić information content (AvgIpc) is 2.42. The highest BCUT2D eigenvalue weighted by atomic mass is 16.7. The molecule has 0 amide bonds. The first kappa shape index (κ1) is 18.2. The Morgan fingerprint density at radius 2 is 1.77 bits per heavy atom. The Kier molecular flexibility index (Phi) is 7.60. The van der Waals surface area contributed by atoms with Gasteiger partial charge < -0.3 is 40.6 Å². The lowest BCUT2D eigenvalue weighted by atomic mass is 10.5. The molecule has 0 spiro atoms. The van der Waals surface area contributed by atoms with Crippen LogP contribution in [0.3, 0.4) is 0 Å². The summed E-state index contributed by atoms with van der Waals surface area (Å²) in [6, 6.07) is 0. The smallest absolute Gasteiger partial charge is 0.248 e. The molecule has 0 aromatic carbocycles. The van der Waals surface area contributed by atoms with E-state index < -0.39 is 12.6 Å². The van der Waals surface area contributed by atoms with E-state index in [-0.39, 0.29) is 49.8 Å². The van der Waals surface area contributed by atoms with Crippen LogP contribution < -0.4 is 20.9 Å². The maximum Gasteiger partial charge on any atom is 0.248 e. The molecule has 0 aliphatic carbocycles. The molecular weight excluding hydrogens is 296 g/mol.